The van der Waals surface area contributed by atoms with Crippen LogP contribution in [0.3, 0.4) is 0 Å². The van der Waals surface area contributed by atoms with E-state index >= 15 is 0 Å². The number of aromatic hydroxyl groups is 1. The number of phenols is 1. The van der Waals surface area contributed by atoms with Gasteiger partial charge in [0.2, 0.25) is 0 Å². The molecular formula is C22H34N4O. The van der Waals surface area contributed by atoms with Crippen LogP contribution < -0.4 is 10.6 Å². The molecule has 0 atom stereocenters. The predicted octanol–water partition coefficient (Wildman–Crippen LogP) is 2.98. The van der Waals surface area contributed by atoms with Crippen molar-refractivity contribution >= 4 is 5.96 Å². The first-order valence-corrected chi connectivity index (χ1v) is 10.2. The van der Waals surface area contributed by atoms with Crippen molar-refractivity contribution in [1.29, 1.82) is 0 Å². The van der Waals surface area contributed by atoms with Gasteiger partial charge in [-0.3, -0.25) is 9.89 Å². The third-order valence-corrected chi connectivity index (χ3v) is 5.70. The second-order valence-electron chi connectivity index (χ2n) is 7.99. The third kappa shape index (κ3) is 5.25. The summed E-state index contributed by atoms with van der Waals surface area (Å²) >= 11 is 0. The molecule has 0 amide bonds. The molecule has 1 aliphatic heterocycles. The quantitative estimate of drug-likeness (QED) is 0.424. The molecule has 1 aromatic carbocycles. The summed E-state index contributed by atoms with van der Waals surface area (Å²) in [4.78, 5) is 6.85. The Morgan fingerprint density at radius 3 is 2.70 bits per heavy atom. The monoisotopic (exact) mass is 370 g/mol. The van der Waals surface area contributed by atoms with Gasteiger partial charge in [0.15, 0.2) is 5.96 Å². The molecule has 1 aliphatic carbocycles. The van der Waals surface area contributed by atoms with Crippen molar-refractivity contribution in [1.82, 2.24) is 15.5 Å². The van der Waals surface area contributed by atoms with Crippen LogP contribution in [0.4, 0.5) is 0 Å². The smallest absolute Gasteiger partial charge is 0.191 e. The van der Waals surface area contributed by atoms with Gasteiger partial charge in [0.25, 0.3) is 0 Å². The van der Waals surface area contributed by atoms with Gasteiger partial charge in [-0.15, -0.1) is 0 Å². The Balaban J connectivity index is 1.54. The second-order valence-corrected chi connectivity index (χ2v) is 7.99. The van der Waals surface area contributed by atoms with Crippen molar-refractivity contribution in [3.63, 3.8) is 0 Å². The summed E-state index contributed by atoms with van der Waals surface area (Å²) in [7, 11) is 1.81. The zero-order valence-corrected chi connectivity index (χ0v) is 16.9. The fourth-order valence-corrected chi connectivity index (χ4v) is 4.27. The van der Waals surface area contributed by atoms with Crippen LogP contribution in [0.25, 0.3) is 0 Å². The third-order valence-electron chi connectivity index (χ3n) is 5.70. The fourth-order valence-electron chi connectivity index (χ4n) is 4.27. The summed E-state index contributed by atoms with van der Waals surface area (Å²) in [5.41, 5.74) is 4.98. The lowest BCUT2D eigenvalue weighted by atomic mass is 9.88. The molecule has 1 fully saturated rings. The first-order chi connectivity index (χ1) is 13.1. The number of likely N-dealkylation sites (tertiary alicyclic amines) is 1. The molecule has 148 valence electrons. The summed E-state index contributed by atoms with van der Waals surface area (Å²) in [6.45, 7) is 9.90. The lowest BCUT2D eigenvalue weighted by molar-refractivity contribution is 0.221. The SMILES string of the molecule is C=C(C)CN1CCC(NC(=NC)NCc2c(O)ccc3c2CCCC3)CC1. The molecule has 0 bridgehead atoms. The van der Waals surface area contributed by atoms with Gasteiger partial charge in [0.05, 0.1) is 0 Å². The molecule has 5 heteroatoms. The molecule has 1 saturated heterocycles. The van der Waals surface area contributed by atoms with Gasteiger partial charge >= 0.3 is 0 Å². The van der Waals surface area contributed by atoms with Crippen LogP contribution in [0, 0.1) is 0 Å². The molecule has 0 aromatic heterocycles. The molecule has 0 unspecified atom stereocenters. The first kappa shape index (κ1) is 19.7. The number of hydrogen-bond donors (Lipinski definition) is 3. The lowest BCUT2D eigenvalue weighted by Gasteiger charge is -2.33. The van der Waals surface area contributed by atoms with E-state index in [-0.39, 0.29) is 0 Å². The summed E-state index contributed by atoms with van der Waals surface area (Å²) < 4.78 is 0. The maximum Gasteiger partial charge on any atom is 0.191 e. The van der Waals surface area contributed by atoms with Crippen molar-refractivity contribution in [2.24, 2.45) is 4.99 Å². The molecule has 3 N–H and O–H groups in total. The number of benzene rings is 1. The topological polar surface area (TPSA) is 59.9 Å². The van der Waals surface area contributed by atoms with Crippen molar-refractivity contribution < 1.29 is 5.11 Å². The predicted molar refractivity (Wildman–Crippen MR) is 112 cm³/mol. The number of fused-ring (bicyclic) bond motifs is 1. The van der Waals surface area contributed by atoms with Crippen molar-refractivity contribution in [2.45, 2.75) is 58.0 Å². The van der Waals surface area contributed by atoms with E-state index in [4.69, 9.17) is 0 Å². The minimum Gasteiger partial charge on any atom is -0.508 e. The van der Waals surface area contributed by atoms with E-state index in [1.165, 1.54) is 29.5 Å². The number of guanidine groups is 1. The summed E-state index contributed by atoms with van der Waals surface area (Å²) in [6, 6.07) is 4.37. The van der Waals surface area contributed by atoms with Crippen LogP contribution >= 0.6 is 0 Å². The molecule has 2 aliphatic rings. The number of rotatable bonds is 5. The fraction of sp³-hybridized carbons (Fsp3) is 0.591. The van der Waals surface area contributed by atoms with Gasteiger partial charge in [-0.1, -0.05) is 18.2 Å². The maximum atomic E-state index is 10.4. The highest BCUT2D eigenvalue weighted by Gasteiger charge is 2.20. The molecular weight excluding hydrogens is 336 g/mol. The maximum absolute atomic E-state index is 10.4. The van der Waals surface area contributed by atoms with Gasteiger partial charge in [0, 0.05) is 44.8 Å². The molecule has 0 saturated carbocycles. The number of nitrogens with one attached hydrogen (secondary N) is 2. The minimum atomic E-state index is 0.395. The number of aliphatic imine (C=N–C) groups is 1. The highest BCUT2D eigenvalue weighted by atomic mass is 16.3. The summed E-state index contributed by atoms with van der Waals surface area (Å²) in [5.74, 6) is 1.22. The van der Waals surface area contributed by atoms with E-state index in [0.717, 1.165) is 56.8 Å². The van der Waals surface area contributed by atoms with E-state index in [1.54, 1.807) is 0 Å². The van der Waals surface area contributed by atoms with Crippen LogP contribution in [0.1, 0.15) is 49.3 Å². The number of phenolic OH excluding ortho intramolecular Hbond substituents is 1. The number of aryl methyl sites for hydroxylation is 1. The zero-order chi connectivity index (χ0) is 19.2. The Morgan fingerprint density at radius 2 is 2.00 bits per heavy atom. The Kier molecular flexibility index (Phi) is 6.78. The molecule has 1 heterocycles. The van der Waals surface area contributed by atoms with Crippen LogP contribution in [0.15, 0.2) is 29.3 Å². The molecule has 3 rings (SSSR count). The number of piperidine rings is 1. The lowest BCUT2D eigenvalue weighted by Crippen LogP contribution is -2.48. The van der Waals surface area contributed by atoms with E-state index in [1.807, 2.05) is 13.1 Å². The molecule has 1 aromatic rings. The van der Waals surface area contributed by atoms with Gasteiger partial charge < -0.3 is 15.7 Å². The largest absolute Gasteiger partial charge is 0.508 e. The Hall–Kier alpha value is -2.01. The van der Waals surface area contributed by atoms with Gasteiger partial charge in [-0.05, 0) is 62.6 Å². The Morgan fingerprint density at radius 1 is 1.26 bits per heavy atom. The van der Waals surface area contributed by atoms with Gasteiger partial charge in [0.1, 0.15) is 5.75 Å². The Labute approximate surface area is 163 Å². The molecule has 0 radical (unpaired) electrons. The van der Waals surface area contributed by atoms with Crippen LogP contribution in [0.2, 0.25) is 0 Å². The van der Waals surface area contributed by atoms with Crippen molar-refractivity contribution in [3.8, 4) is 5.75 Å². The summed E-state index contributed by atoms with van der Waals surface area (Å²) in [6.07, 6.45) is 6.86. The molecule has 27 heavy (non-hydrogen) atoms. The normalized spacial score (nSPS) is 18.8. The minimum absolute atomic E-state index is 0.395. The Bertz CT molecular complexity index is 690. The molecule has 5 nitrogen and oxygen atoms in total. The standard InChI is InChI=1S/C22H34N4O/c1-16(2)15-26-12-10-18(11-13-26)25-22(23-3)24-14-20-19-7-5-4-6-17(19)8-9-21(20)27/h8-9,18,27H,1,4-7,10-15H2,2-3H3,(H2,23,24,25). The van der Waals surface area contributed by atoms with E-state index in [0.29, 0.717) is 18.3 Å². The van der Waals surface area contributed by atoms with Crippen LogP contribution in [-0.4, -0.2) is 48.7 Å². The van der Waals surface area contributed by atoms with Crippen LogP contribution in [-0.2, 0) is 19.4 Å². The van der Waals surface area contributed by atoms with Crippen LogP contribution in [0.5, 0.6) is 5.75 Å². The van der Waals surface area contributed by atoms with Crippen molar-refractivity contribution in [2.75, 3.05) is 26.7 Å². The number of nitrogens with zero attached hydrogens (tertiary/aromatic N) is 2. The van der Waals surface area contributed by atoms with Gasteiger partial charge in [-0.2, -0.15) is 0 Å². The highest BCUT2D eigenvalue weighted by Crippen LogP contribution is 2.30. The van der Waals surface area contributed by atoms with E-state index in [9.17, 15) is 5.11 Å². The average Bonchev–Trinajstić information content (AvgIpc) is 2.67. The van der Waals surface area contributed by atoms with E-state index < -0.39 is 0 Å². The van der Waals surface area contributed by atoms with Crippen molar-refractivity contribution in [3.05, 3.63) is 41.0 Å². The first-order valence-electron chi connectivity index (χ1n) is 10.2. The zero-order valence-electron chi connectivity index (χ0n) is 16.9. The van der Waals surface area contributed by atoms with Gasteiger partial charge in [-0.25, -0.2) is 0 Å². The van der Waals surface area contributed by atoms with E-state index in [2.05, 4.69) is 40.1 Å². The summed E-state index contributed by atoms with van der Waals surface area (Å²) in [5, 5.41) is 17.3. The molecule has 0 spiro atoms. The highest BCUT2D eigenvalue weighted by molar-refractivity contribution is 5.80. The number of hydrogen-bond acceptors (Lipinski definition) is 3. The average molecular weight is 371 g/mol. The second kappa shape index (κ2) is 9.27.